The molecule has 3 N–H and O–H groups in total. The number of hydrogen-bond acceptors (Lipinski definition) is 8. The van der Waals surface area contributed by atoms with Crippen molar-refractivity contribution in [2.24, 2.45) is 0 Å². The Morgan fingerprint density at radius 1 is 1.32 bits per heavy atom. The molecule has 0 aliphatic heterocycles. The fourth-order valence-corrected chi connectivity index (χ4v) is 3.14. The molecule has 28 heavy (non-hydrogen) atoms. The molecule has 2 heterocycles. The van der Waals surface area contributed by atoms with E-state index in [1.165, 1.54) is 19.2 Å². The van der Waals surface area contributed by atoms with Crippen molar-refractivity contribution in [2.75, 3.05) is 19.0 Å². The Bertz CT molecular complexity index is 1060. The molecule has 3 rings (SSSR count). The molecule has 1 unspecified atom stereocenters. The number of aromatic nitrogens is 4. The summed E-state index contributed by atoms with van der Waals surface area (Å²) in [4.78, 5) is 27.2. The van der Waals surface area contributed by atoms with Gasteiger partial charge < -0.3 is 20.1 Å². The molecule has 0 saturated heterocycles. The molecule has 148 valence electrons. The highest BCUT2D eigenvalue weighted by Crippen LogP contribution is 2.26. The average Bonchev–Trinajstić information content (AvgIpc) is 2.68. The largest absolute Gasteiger partial charge is 0.477 e. The van der Waals surface area contributed by atoms with E-state index >= 15 is 0 Å². The van der Waals surface area contributed by atoms with Gasteiger partial charge in [0, 0.05) is 17.4 Å². The second-order valence-corrected chi connectivity index (χ2v) is 6.80. The van der Waals surface area contributed by atoms with Gasteiger partial charge in [-0.25, -0.2) is 23.7 Å². The van der Waals surface area contributed by atoms with Crippen LogP contribution in [0.1, 0.15) is 12.5 Å². The number of nitrogens with zero attached hydrogens (tertiary/aromatic N) is 3. The number of nitrogens with one attached hydrogen (secondary N) is 2. The molecule has 0 amide bonds. The van der Waals surface area contributed by atoms with Gasteiger partial charge in [0.05, 0.1) is 13.7 Å². The average molecular weight is 409 g/mol. The van der Waals surface area contributed by atoms with Crippen LogP contribution in [0.15, 0.2) is 28.2 Å². The molecule has 0 radical (unpaired) electrons. The Kier molecular flexibility index (Phi) is 6.05. The van der Waals surface area contributed by atoms with E-state index in [1.54, 1.807) is 6.92 Å². The van der Waals surface area contributed by atoms with Gasteiger partial charge in [-0.2, -0.15) is 0 Å². The molecule has 0 fully saturated rings. The number of anilines is 1. The Labute approximate surface area is 162 Å². The summed E-state index contributed by atoms with van der Waals surface area (Å²) in [6.07, 6.45) is 0. The fourth-order valence-electron chi connectivity index (χ4n) is 2.33. The summed E-state index contributed by atoms with van der Waals surface area (Å²) in [6, 6.07) is 3.57. The summed E-state index contributed by atoms with van der Waals surface area (Å²) in [5.74, 6) is -1.67. The molecular weight excluding hydrogens is 392 g/mol. The SMILES string of the molecule is COc1nc2c(NC(C)CO)nc(SCc3cccc(F)c3F)nc2[nH]c1=O. The Balaban J connectivity index is 2.00. The molecular formula is C17H17F2N5O3S. The minimum absolute atomic E-state index is 0.0813. The van der Waals surface area contributed by atoms with Gasteiger partial charge >= 0.3 is 5.56 Å². The zero-order valence-corrected chi connectivity index (χ0v) is 15.8. The van der Waals surface area contributed by atoms with Crippen LogP contribution in [0.4, 0.5) is 14.6 Å². The normalized spacial score (nSPS) is 12.2. The summed E-state index contributed by atoms with van der Waals surface area (Å²) < 4.78 is 32.1. The number of fused-ring (bicyclic) bond motifs is 1. The van der Waals surface area contributed by atoms with Crippen LogP contribution in [0.5, 0.6) is 5.88 Å². The van der Waals surface area contributed by atoms with Crippen molar-refractivity contribution in [3.8, 4) is 5.88 Å². The lowest BCUT2D eigenvalue weighted by Crippen LogP contribution is -2.21. The molecule has 0 aliphatic rings. The molecule has 1 aromatic carbocycles. The topological polar surface area (TPSA) is 113 Å². The standard InChI is InChI=1S/C17H17F2N5O3S/c1-8(6-25)20-13-12-14(22-15(26)16(21-12)27-2)24-17(23-13)28-7-9-4-3-5-10(18)11(9)19/h3-5,8,25H,6-7H2,1-2H3,(H2,20,22,23,24,26). The van der Waals surface area contributed by atoms with Crippen LogP contribution in [0.25, 0.3) is 11.2 Å². The summed E-state index contributed by atoms with van der Waals surface area (Å²) >= 11 is 1.06. The Morgan fingerprint density at radius 2 is 2.11 bits per heavy atom. The highest BCUT2D eigenvalue weighted by atomic mass is 32.2. The number of hydrogen-bond donors (Lipinski definition) is 3. The van der Waals surface area contributed by atoms with E-state index in [2.05, 4.69) is 25.3 Å². The maximum atomic E-state index is 13.9. The lowest BCUT2D eigenvalue weighted by atomic mass is 10.2. The maximum Gasteiger partial charge on any atom is 0.312 e. The highest BCUT2D eigenvalue weighted by Gasteiger charge is 2.16. The number of H-pyrrole nitrogens is 1. The Morgan fingerprint density at radius 3 is 2.82 bits per heavy atom. The number of methoxy groups -OCH3 is 1. The van der Waals surface area contributed by atoms with E-state index in [0.29, 0.717) is 0 Å². The van der Waals surface area contributed by atoms with Crippen molar-refractivity contribution in [1.29, 1.82) is 0 Å². The summed E-state index contributed by atoms with van der Waals surface area (Å²) in [7, 11) is 1.31. The molecule has 2 aromatic heterocycles. The van der Waals surface area contributed by atoms with Crippen LogP contribution in [0, 0.1) is 11.6 Å². The van der Waals surface area contributed by atoms with Crippen molar-refractivity contribution in [2.45, 2.75) is 23.9 Å². The van der Waals surface area contributed by atoms with Gasteiger partial charge in [0.2, 0.25) is 0 Å². The smallest absolute Gasteiger partial charge is 0.312 e. The molecule has 0 spiro atoms. The maximum absolute atomic E-state index is 13.9. The second kappa shape index (κ2) is 8.48. The van der Waals surface area contributed by atoms with E-state index in [-0.39, 0.29) is 52.0 Å². The molecule has 1 atom stereocenters. The van der Waals surface area contributed by atoms with Crippen molar-refractivity contribution in [3.63, 3.8) is 0 Å². The zero-order chi connectivity index (χ0) is 20.3. The third-order valence-corrected chi connectivity index (χ3v) is 4.64. The Hall–Kier alpha value is -2.79. The molecule has 8 nitrogen and oxygen atoms in total. The predicted molar refractivity (Wildman–Crippen MR) is 101 cm³/mol. The molecule has 0 aliphatic carbocycles. The first-order valence-electron chi connectivity index (χ1n) is 8.22. The van der Waals surface area contributed by atoms with E-state index in [1.807, 2.05) is 0 Å². The summed E-state index contributed by atoms with van der Waals surface area (Å²) in [5.41, 5.74) is -0.0102. The summed E-state index contributed by atoms with van der Waals surface area (Å²) in [5, 5.41) is 12.5. The molecule has 11 heteroatoms. The minimum atomic E-state index is -0.933. The van der Waals surface area contributed by atoms with Crippen LogP contribution >= 0.6 is 11.8 Å². The predicted octanol–water partition coefficient (Wildman–Crippen LogP) is 2.08. The van der Waals surface area contributed by atoms with Crippen molar-refractivity contribution >= 4 is 28.7 Å². The lowest BCUT2D eigenvalue weighted by Gasteiger charge is -2.14. The molecule has 0 saturated carbocycles. The van der Waals surface area contributed by atoms with Gasteiger partial charge in [-0.1, -0.05) is 23.9 Å². The van der Waals surface area contributed by atoms with E-state index < -0.39 is 17.2 Å². The number of halogens is 2. The fraction of sp³-hybridized carbons (Fsp3) is 0.294. The van der Waals surface area contributed by atoms with Gasteiger partial charge in [-0.3, -0.25) is 4.79 Å². The van der Waals surface area contributed by atoms with Gasteiger partial charge in [0.1, 0.15) is 0 Å². The first-order chi connectivity index (χ1) is 13.4. The number of thioether (sulfide) groups is 1. The van der Waals surface area contributed by atoms with Gasteiger partial charge in [0.15, 0.2) is 33.8 Å². The second-order valence-electron chi connectivity index (χ2n) is 5.86. The minimum Gasteiger partial charge on any atom is -0.477 e. The number of aromatic amines is 1. The number of aliphatic hydroxyl groups excluding tert-OH is 1. The van der Waals surface area contributed by atoms with Crippen molar-refractivity contribution in [1.82, 2.24) is 19.9 Å². The zero-order valence-electron chi connectivity index (χ0n) is 15.0. The monoisotopic (exact) mass is 409 g/mol. The van der Waals surface area contributed by atoms with Crippen LogP contribution in [0.3, 0.4) is 0 Å². The van der Waals surface area contributed by atoms with E-state index in [0.717, 1.165) is 17.8 Å². The van der Waals surface area contributed by atoms with Crippen molar-refractivity contribution in [3.05, 3.63) is 45.8 Å². The van der Waals surface area contributed by atoms with Crippen LogP contribution < -0.4 is 15.6 Å². The number of rotatable bonds is 7. The number of ether oxygens (including phenoxy) is 1. The van der Waals surface area contributed by atoms with Crippen LogP contribution in [-0.4, -0.2) is 44.8 Å². The third-order valence-electron chi connectivity index (χ3n) is 3.74. The number of benzene rings is 1. The molecule has 3 aromatic rings. The third kappa shape index (κ3) is 4.20. The number of aliphatic hydroxyl groups is 1. The van der Waals surface area contributed by atoms with Gasteiger partial charge in [-0.15, -0.1) is 0 Å². The molecule has 0 bridgehead atoms. The quantitative estimate of drug-likeness (QED) is 0.402. The van der Waals surface area contributed by atoms with Gasteiger partial charge in [0.25, 0.3) is 5.88 Å². The first-order valence-corrected chi connectivity index (χ1v) is 9.20. The van der Waals surface area contributed by atoms with Crippen molar-refractivity contribution < 1.29 is 18.6 Å². The lowest BCUT2D eigenvalue weighted by molar-refractivity contribution is 0.281. The first kappa shape index (κ1) is 20.0. The van der Waals surface area contributed by atoms with E-state index in [4.69, 9.17) is 4.74 Å². The van der Waals surface area contributed by atoms with Crippen LogP contribution in [-0.2, 0) is 5.75 Å². The summed E-state index contributed by atoms with van der Waals surface area (Å²) in [6.45, 7) is 1.56. The van der Waals surface area contributed by atoms with E-state index in [9.17, 15) is 18.7 Å². The highest BCUT2D eigenvalue weighted by molar-refractivity contribution is 7.98. The van der Waals surface area contributed by atoms with Gasteiger partial charge in [-0.05, 0) is 13.0 Å². The van der Waals surface area contributed by atoms with Crippen LogP contribution in [0.2, 0.25) is 0 Å².